The average molecular weight is 306 g/mol. The maximum atomic E-state index is 12.6. The van der Waals surface area contributed by atoms with Gasteiger partial charge < -0.3 is 4.90 Å². The van der Waals surface area contributed by atoms with Gasteiger partial charge in [0.2, 0.25) is 0 Å². The molecule has 0 unspecified atom stereocenters. The van der Waals surface area contributed by atoms with E-state index < -0.39 is 0 Å². The van der Waals surface area contributed by atoms with Crippen molar-refractivity contribution in [2.75, 3.05) is 13.6 Å². The fourth-order valence-corrected chi connectivity index (χ4v) is 2.37. The van der Waals surface area contributed by atoms with Gasteiger partial charge in [0.15, 0.2) is 0 Å². The van der Waals surface area contributed by atoms with E-state index in [-0.39, 0.29) is 5.91 Å². The number of carbonyl (C=O) groups excluding carboxylic acids is 1. The van der Waals surface area contributed by atoms with Crippen molar-refractivity contribution in [1.82, 2.24) is 19.7 Å². The second kappa shape index (κ2) is 6.87. The molecule has 0 saturated carbocycles. The third-order valence-corrected chi connectivity index (χ3v) is 3.69. The Morgan fingerprint density at radius 3 is 2.70 bits per heavy atom. The number of hydrogen-bond donors (Lipinski definition) is 0. The van der Waals surface area contributed by atoms with Crippen LogP contribution < -0.4 is 0 Å². The van der Waals surface area contributed by atoms with Crippen LogP contribution in [0.4, 0.5) is 0 Å². The number of amides is 1. The quantitative estimate of drug-likeness (QED) is 0.728. The lowest BCUT2D eigenvalue weighted by Gasteiger charge is -2.17. The minimum Gasteiger partial charge on any atom is -0.341 e. The lowest BCUT2D eigenvalue weighted by atomic mass is 10.1. The number of hydrogen-bond acceptors (Lipinski definition) is 3. The van der Waals surface area contributed by atoms with Gasteiger partial charge >= 0.3 is 0 Å². The Morgan fingerprint density at radius 1 is 1.13 bits per heavy atom. The molecule has 0 saturated heterocycles. The molecule has 23 heavy (non-hydrogen) atoms. The highest BCUT2D eigenvalue weighted by atomic mass is 16.2. The minimum atomic E-state index is 0.00747. The van der Waals surface area contributed by atoms with Crippen LogP contribution in [0.25, 0.3) is 5.69 Å². The molecule has 2 heterocycles. The molecule has 0 bridgehead atoms. The van der Waals surface area contributed by atoms with Crippen molar-refractivity contribution < 1.29 is 4.79 Å². The molecule has 0 radical (unpaired) electrons. The van der Waals surface area contributed by atoms with Gasteiger partial charge in [-0.3, -0.25) is 9.78 Å². The number of benzene rings is 1. The fraction of sp³-hybridized carbons (Fsp3) is 0.167. The summed E-state index contributed by atoms with van der Waals surface area (Å²) in [7, 11) is 1.82. The van der Waals surface area contributed by atoms with Crippen LogP contribution in [0.2, 0.25) is 0 Å². The fourth-order valence-electron chi connectivity index (χ4n) is 2.37. The number of likely N-dealkylation sites (N-methyl/N-ethyl adjacent to an activating group) is 1. The summed E-state index contributed by atoms with van der Waals surface area (Å²) in [4.78, 5) is 18.3. The van der Waals surface area contributed by atoms with Crippen LogP contribution in [0.3, 0.4) is 0 Å². The molecular formula is C18H18N4O. The van der Waals surface area contributed by atoms with Gasteiger partial charge in [-0.25, -0.2) is 4.68 Å². The van der Waals surface area contributed by atoms with Crippen LogP contribution in [-0.4, -0.2) is 39.2 Å². The lowest BCUT2D eigenvalue weighted by molar-refractivity contribution is 0.0796. The van der Waals surface area contributed by atoms with Crippen molar-refractivity contribution in [3.63, 3.8) is 0 Å². The first-order valence-corrected chi connectivity index (χ1v) is 7.48. The summed E-state index contributed by atoms with van der Waals surface area (Å²) >= 11 is 0. The van der Waals surface area contributed by atoms with Crippen molar-refractivity contribution in [3.8, 4) is 5.69 Å². The van der Waals surface area contributed by atoms with Gasteiger partial charge in [0.25, 0.3) is 5.91 Å². The normalized spacial score (nSPS) is 10.5. The topological polar surface area (TPSA) is 51.0 Å². The zero-order chi connectivity index (χ0) is 16.1. The molecule has 0 aliphatic heterocycles. The van der Waals surface area contributed by atoms with Crippen LogP contribution in [0, 0.1) is 0 Å². The Kier molecular flexibility index (Phi) is 4.47. The monoisotopic (exact) mass is 306 g/mol. The molecule has 3 aromatic rings. The molecule has 0 fully saturated rings. The van der Waals surface area contributed by atoms with Gasteiger partial charge in [-0.15, -0.1) is 0 Å². The van der Waals surface area contributed by atoms with Gasteiger partial charge in [0.1, 0.15) is 0 Å². The molecular weight excluding hydrogens is 288 g/mol. The molecule has 0 spiro atoms. The Morgan fingerprint density at radius 2 is 1.96 bits per heavy atom. The standard InChI is InChI=1S/C18H18N4O/c1-21(13-8-15-6-10-19-11-7-15)18(23)16-4-2-5-17(14-16)22-12-3-9-20-22/h2-7,9-12,14H,8,13H2,1H3. The molecule has 5 nitrogen and oxygen atoms in total. The zero-order valence-corrected chi connectivity index (χ0v) is 13.0. The first kappa shape index (κ1) is 15.0. The number of nitrogens with zero attached hydrogens (tertiary/aromatic N) is 4. The highest BCUT2D eigenvalue weighted by Crippen LogP contribution is 2.12. The van der Waals surface area contributed by atoms with Crippen molar-refractivity contribution in [2.45, 2.75) is 6.42 Å². The maximum absolute atomic E-state index is 12.6. The molecule has 3 rings (SSSR count). The summed E-state index contributed by atoms with van der Waals surface area (Å²) in [5.41, 5.74) is 2.71. The highest BCUT2D eigenvalue weighted by molar-refractivity contribution is 5.94. The van der Waals surface area contributed by atoms with Crippen LogP contribution in [-0.2, 0) is 6.42 Å². The Bertz CT molecular complexity index is 769. The van der Waals surface area contributed by atoms with Crippen LogP contribution in [0.1, 0.15) is 15.9 Å². The van der Waals surface area contributed by atoms with Crippen LogP contribution in [0.15, 0.2) is 67.3 Å². The number of carbonyl (C=O) groups is 1. The SMILES string of the molecule is CN(CCc1ccncc1)C(=O)c1cccc(-n2cccn2)c1. The Hall–Kier alpha value is -2.95. The smallest absolute Gasteiger partial charge is 0.253 e. The predicted octanol–water partition coefficient (Wildman–Crippen LogP) is 2.58. The minimum absolute atomic E-state index is 0.00747. The molecule has 116 valence electrons. The molecule has 1 aromatic carbocycles. The van der Waals surface area contributed by atoms with Gasteiger partial charge in [0.05, 0.1) is 5.69 Å². The second-order valence-electron chi connectivity index (χ2n) is 5.33. The van der Waals surface area contributed by atoms with E-state index in [0.717, 1.165) is 12.1 Å². The van der Waals surface area contributed by atoms with Crippen LogP contribution in [0.5, 0.6) is 0 Å². The third-order valence-electron chi connectivity index (χ3n) is 3.69. The molecule has 0 N–H and O–H groups in total. The second-order valence-corrected chi connectivity index (χ2v) is 5.33. The molecule has 1 amide bonds. The van der Waals surface area contributed by atoms with E-state index in [4.69, 9.17) is 0 Å². The highest BCUT2D eigenvalue weighted by Gasteiger charge is 2.12. The largest absolute Gasteiger partial charge is 0.341 e. The molecule has 0 atom stereocenters. The van der Waals surface area contributed by atoms with E-state index in [1.54, 1.807) is 28.2 Å². The van der Waals surface area contributed by atoms with Crippen LogP contribution >= 0.6 is 0 Å². The molecule has 5 heteroatoms. The van der Waals surface area contributed by atoms with Gasteiger partial charge in [-0.2, -0.15) is 5.10 Å². The first-order chi connectivity index (χ1) is 11.2. The van der Waals surface area contributed by atoms with E-state index >= 15 is 0 Å². The van der Waals surface area contributed by atoms with E-state index in [2.05, 4.69) is 10.1 Å². The third kappa shape index (κ3) is 3.63. The number of aromatic nitrogens is 3. The lowest BCUT2D eigenvalue weighted by Crippen LogP contribution is -2.28. The van der Waals surface area contributed by atoms with E-state index in [1.807, 2.05) is 55.7 Å². The zero-order valence-electron chi connectivity index (χ0n) is 13.0. The summed E-state index contributed by atoms with van der Waals surface area (Å²) in [6.45, 7) is 0.662. The van der Waals surface area contributed by atoms with Crippen molar-refractivity contribution >= 4 is 5.91 Å². The van der Waals surface area contributed by atoms with Crippen molar-refractivity contribution in [1.29, 1.82) is 0 Å². The molecule has 0 aliphatic carbocycles. The van der Waals surface area contributed by atoms with Gasteiger partial charge in [-0.1, -0.05) is 6.07 Å². The molecule has 2 aromatic heterocycles. The maximum Gasteiger partial charge on any atom is 0.253 e. The number of rotatable bonds is 5. The summed E-state index contributed by atoms with van der Waals surface area (Å²) in [6, 6.07) is 13.3. The number of pyridine rings is 1. The van der Waals surface area contributed by atoms with E-state index in [0.29, 0.717) is 12.1 Å². The van der Waals surface area contributed by atoms with Gasteiger partial charge in [-0.05, 0) is 48.4 Å². The van der Waals surface area contributed by atoms with Crippen molar-refractivity contribution in [3.05, 3.63) is 78.4 Å². The Balaban J connectivity index is 1.69. The Labute approximate surface area is 135 Å². The summed E-state index contributed by atoms with van der Waals surface area (Å²) in [5.74, 6) is 0.00747. The summed E-state index contributed by atoms with van der Waals surface area (Å²) in [6.07, 6.45) is 7.92. The first-order valence-electron chi connectivity index (χ1n) is 7.48. The average Bonchev–Trinajstić information content (AvgIpc) is 3.15. The molecule has 0 aliphatic rings. The van der Waals surface area contributed by atoms with Crippen molar-refractivity contribution in [2.24, 2.45) is 0 Å². The summed E-state index contributed by atoms with van der Waals surface area (Å²) in [5, 5.41) is 4.19. The van der Waals surface area contributed by atoms with E-state index in [9.17, 15) is 4.79 Å². The summed E-state index contributed by atoms with van der Waals surface area (Å²) < 4.78 is 1.74. The van der Waals surface area contributed by atoms with Gasteiger partial charge in [0, 0.05) is 43.9 Å². The predicted molar refractivity (Wildman–Crippen MR) is 88.5 cm³/mol. The van der Waals surface area contributed by atoms with E-state index in [1.165, 1.54) is 5.56 Å².